The molecule has 3 rings (SSSR count). The van der Waals surface area contributed by atoms with Crippen molar-refractivity contribution in [2.75, 3.05) is 0 Å². The van der Waals surface area contributed by atoms with E-state index in [1.54, 1.807) is 12.2 Å². The number of fused-ring (bicyclic) bond motifs is 1. The lowest BCUT2D eigenvalue weighted by atomic mass is 10.0. The molecule has 23 heavy (non-hydrogen) atoms. The number of hydrogen-bond donors (Lipinski definition) is 2. The zero-order valence-electron chi connectivity index (χ0n) is 12.7. The molecule has 0 atom stereocenters. The molecule has 2 heterocycles. The topological polar surface area (TPSA) is 58.2 Å². The highest BCUT2D eigenvalue weighted by Crippen LogP contribution is 2.36. The van der Waals surface area contributed by atoms with Crippen LogP contribution in [0.15, 0.2) is 83.6 Å². The van der Waals surface area contributed by atoms with Gasteiger partial charge in [-0.1, -0.05) is 61.2 Å². The summed E-state index contributed by atoms with van der Waals surface area (Å²) in [5.41, 5.74) is 3.41. The molecule has 1 aromatic carbocycles. The lowest BCUT2D eigenvalue weighted by molar-refractivity contribution is -0.117. The first-order valence-corrected chi connectivity index (χ1v) is 7.30. The molecule has 0 bridgehead atoms. The summed E-state index contributed by atoms with van der Waals surface area (Å²) in [7, 11) is 0. The molecule has 0 aromatic heterocycles. The van der Waals surface area contributed by atoms with Gasteiger partial charge >= 0.3 is 0 Å². The molecule has 2 N–H and O–H groups in total. The van der Waals surface area contributed by atoms with Crippen LogP contribution in [0.1, 0.15) is 12.5 Å². The fraction of sp³-hybridized carbons (Fsp3) is 0.0526. The number of carbonyl (C=O) groups is 2. The van der Waals surface area contributed by atoms with Crippen molar-refractivity contribution in [1.29, 1.82) is 0 Å². The van der Waals surface area contributed by atoms with E-state index in [4.69, 9.17) is 0 Å². The molecule has 1 aromatic rings. The number of carbonyl (C=O) groups excluding carboxylic acids is 2. The number of allylic oxidation sites excluding steroid dienone is 4. The fourth-order valence-corrected chi connectivity index (χ4v) is 2.75. The predicted octanol–water partition coefficient (Wildman–Crippen LogP) is 2.60. The van der Waals surface area contributed by atoms with Gasteiger partial charge in [-0.3, -0.25) is 9.59 Å². The Morgan fingerprint density at radius 1 is 1.04 bits per heavy atom. The lowest BCUT2D eigenvalue weighted by Crippen LogP contribution is -2.22. The highest BCUT2D eigenvalue weighted by atomic mass is 16.2. The zero-order valence-corrected chi connectivity index (χ0v) is 12.7. The summed E-state index contributed by atoms with van der Waals surface area (Å²) in [6.07, 6.45) is 7.07. The third kappa shape index (κ3) is 2.44. The fourth-order valence-electron chi connectivity index (χ4n) is 2.75. The molecule has 4 heteroatoms. The van der Waals surface area contributed by atoms with Crippen molar-refractivity contribution < 1.29 is 9.59 Å². The van der Waals surface area contributed by atoms with Crippen molar-refractivity contribution in [1.82, 2.24) is 10.6 Å². The van der Waals surface area contributed by atoms with E-state index in [0.717, 1.165) is 11.1 Å². The maximum absolute atomic E-state index is 12.4. The number of benzene rings is 1. The maximum atomic E-state index is 12.4. The molecule has 4 nitrogen and oxygen atoms in total. The van der Waals surface area contributed by atoms with E-state index in [2.05, 4.69) is 17.2 Å². The monoisotopic (exact) mass is 304 g/mol. The Hall–Kier alpha value is -3.14. The maximum Gasteiger partial charge on any atom is 0.258 e. The van der Waals surface area contributed by atoms with E-state index in [-0.39, 0.29) is 11.8 Å². The van der Waals surface area contributed by atoms with E-state index in [0.29, 0.717) is 22.5 Å². The van der Waals surface area contributed by atoms with Crippen LogP contribution >= 0.6 is 0 Å². The Bertz CT molecular complexity index is 824. The van der Waals surface area contributed by atoms with Gasteiger partial charge in [0.1, 0.15) is 0 Å². The van der Waals surface area contributed by atoms with Crippen LogP contribution in [0.2, 0.25) is 0 Å². The first-order chi connectivity index (χ1) is 11.2. The summed E-state index contributed by atoms with van der Waals surface area (Å²) in [4.78, 5) is 24.9. The predicted molar refractivity (Wildman–Crippen MR) is 89.8 cm³/mol. The molecule has 2 aliphatic heterocycles. The highest BCUT2D eigenvalue weighted by molar-refractivity contribution is 6.26. The molecule has 0 radical (unpaired) electrons. The molecule has 114 valence electrons. The second-order valence-corrected chi connectivity index (χ2v) is 5.13. The summed E-state index contributed by atoms with van der Waals surface area (Å²) >= 11 is 0. The molecule has 0 aliphatic carbocycles. The van der Waals surface area contributed by atoms with Crippen molar-refractivity contribution in [3.63, 3.8) is 0 Å². The Kier molecular flexibility index (Phi) is 3.81. The largest absolute Gasteiger partial charge is 0.321 e. The summed E-state index contributed by atoms with van der Waals surface area (Å²) in [5, 5.41) is 5.63. The summed E-state index contributed by atoms with van der Waals surface area (Å²) < 4.78 is 0. The van der Waals surface area contributed by atoms with Crippen molar-refractivity contribution in [3.8, 4) is 0 Å². The Morgan fingerprint density at radius 3 is 2.39 bits per heavy atom. The molecule has 0 saturated heterocycles. The van der Waals surface area contributed by atoms with E-state index >= 15 is 0 Å². The molecule has 0 spiro atoms. The van der Waals surface area contributed by atoms with Gasteiger partial charge in [0, 0.05) is 0 Å². The first-order valence-electron chi connectivity index (χ1n) is 7.30. The van der Waals surface area contributed by atoms with Gasteiger partial charge in [-0.2, -0.15) is 0 Å². The van der Waals surface area contributed by atoms with Crippen LogP contribution in [-0.4, -0.2) is 11.8 Å². The van der Waals surface area contributed by atoms with Gasteiger partial charge in [0.05, 0.1) is 22.5 Å². The molecule has 0 saturated carbocycles. The van der Waals surface area contributed by atoms with E-state index < -0.39 is 0 Å². The standard InChI is InChI=1S/C19H16N2O2/c1-3-8-12(9-4-2)16-14-15(19(23)20-16)17(21-18(14)22)13-10-6-5-7-11-13/h3-11H,1H2,2H3,(H,20,23)(H,21,22)/b9-4-,12-8+. The van der Waals surface area contributed by atoms with Crippen molar-refractivity contribution in [2.45, 2.75) is 6.92 Å². The summed E-state index contributed by atoms with van der Waals surface area (Å²) in [5.74, 6) is -0.543. The van der Waals surface area contributed by atoms with Crippen LogP contribution in [0.25, 0.3) is 5.70 Å². The van der Waals surface area contributed by atoms with Gasteiger partial charge in [0.25, 0.3) is 11.8 Å². The van der Waals surface area contributed by atoms with Crippen LogP contribution in [0.4, 0.5) is 0 Å². The molecule has 0 fully saturated rings. The second-order valence-electron chi connectivity index (χ2n) is 5.13. The summed E-state index contributed by atoms with van der Waals surface area (Å²) in [6.45, 7) is 5.56. The first kappa shape index (κ1) is 14.8. The lowest BCUT2D eigenvalue weighted by Gasteiger charge is -2.07. The SMILES string of the molecule is C=C/C=C(\C=C/C)C1=C2C(=O)NC(c3ccccc3)=C2C(=O)N1. The van der Waals surface area contributed by atoms with Gasteiger partial charge in [-0.15, -0.1) is 0 Å². The third-order valence-electron chi connectivity index (χ3n) is 3.68. The van der Waals surface area contributed by atoms with E-state index in [1.807, 2.05) is 49.4 Å². The normalized spacial score (nSPS) is 17.7. The van der Waals surface area contributed by atoms with Gasteiger partial charge in [0.2, 0.25) is 0 Å². The van der Waals surface area contributed by atoms with Gasteiger partial charge in [-0.05, 0) is 18.1 Å². The van der Waals surface area contributed by atoms with Crippen LogP contribution in [-0.2, 0) is 9.59 Å². The van der Waals surface area contributed by atoms with Crippen molar-refractivity contribution in [2.24, 2.45) is 0 Å². The van der Waals surface area contributed by atoms with E-state index in [1.165, 1.54) is 0 Å². The minimum absolute atomic E-state index is 0.272. The number of rotatable bonds is 4. The number of amides is 2. The second kappa shape index (κ2) is 5.93. The number of hydrogen-bond acceptors (Lipinski definition) is 2. The van der Waals surface area contributed by atoms with Crippen LogP contribution in [0.5, 0.6) is 0 Å². The minimum Gasteiger partial charge on any atom is -0.321 e. The Balaban J connectivity index is 2.20. The third-order valence-corrected chi connectivity index (χ3v) is 3.68. The molecular weight excluding hydrogens is 288 g/mol. The van der Waals surface area contributed by atoms with Crippen LogP contribution < -0.4 is 10.6 Å². The summed E-state index contributed by atoms with van der Waals surface area (Å²) in [6, 6.07) is 9.35. The molecular formula is C19H16N2O2. The smallest absolute Gasteiger partial charge is 0.258 e. The van der Waals surface area contributed by atoms with Gasteiger partial charge in [0.15, 0.2) is 0 Å². The average molecular weight is 304 g/mol. The molecule has 2 aliphatic rings. The van der Waals surface area contributed by atoms with E-state index in [9.17, 15) is 9.59 Å². The molecule has 2 amide bonds. The number of nitrogens with one attached hydrogen (secondary N) is 2. The van der Waals surface area contributed by atoms with Crippen LogP contribution in [0.3, 0.4) is 0 Å². The quantitative estimate of drug-likeness (QED) is 0.840. The minimum atomic E-state index is -0.272. The molecule has 0 unspecified atom stereocenters. The van der Waals surface area contributed by atoms with Crippen molar-refractivity contribution >= 4 is 17.5 Å². The van der Waals surface area contributed by atoms with Gasteiger partial charge < -0.3 is 10.6 Å². The van der Waals surface area contributed by atoms with Crippen LogP contribution in [0, 0.1) is 0 Å². The Morgan fingerprint density at radius 2 is 1.74 bits per heavy atom. The van der Waals surface area contributed by atoms with Crippen molar-refractivity contribution in [3.05, 3.63) is 89.2 Å². The highest BCUT2D eigenvalue weighted by Gasteiger charge is 2.40. The average Bonchev–Trinajstić information content (AvgIpc) is 3.07. The zero-order chi connectivity index (χ0) is 16.4. The van der Waals surface area contributed by atoms with Gasteiger partial charge in [-0.25, -0.2) is 0 Å². The Labute approximate surface area is 134 Å².